The van der Waals surface area contributed by atoms with Crippen LogP contribution >= 0.6 is 0 Å². The molecule has 0 bridgehead atoms. The van der Waals surface area contributed by atoms with Crippen molar-refractivity contribution in [3.05, 3.63) is 0 Å². The summed E-state index contributed by atoms with van der Waals surface area (Å²) >= 11 is 0. The molecule has 0 aliphatic carbocycles. The van der Waals surface area contributed by atoms with Gasteiger partial charge in [0.25, 0.3) is 0 Å². The minimum absolute atomic E-state index is 0.883. The maximum absolute atomic E-state index is 12.1. The second-order valence-corrected chi connectivity index (χ2v) is 2.49. The third-order valence-electron chi connectivity index (χ3n) is 1.15. The van der Waals surface area contributed by atoms with Crippen LogP contribution < -0.4 is 0 Å². The van der Waals surface area contributed by atoms with Gasteiger partial charge >= 0.3 is 18.1 Å². The molecule has 1 unspecified atom stereocenters. The number of hydrogen-bond donors (Lipinski definition) is 1. The Labute approximate surface area is 75.5 Å². The number of halogens is 5. The van der Waals surface area contributed by atoms with Gasteiger partial charge in [0, 0.05) is 0 Å². The first-order valence-corrected chi connectivity index (χ1v) is 3.37. The minimum Gasteiger partial charge on any atom is -0.457 e. The average Bonchev–Trinajstić information content (AvgIpc) is 1.97. The summed E-state index contributed by atoms with van der Waals surface area (Å²) in [7, 11) is 0. The van der Waals surface area contributed by atoms with E-state index in [0.29, 0.717) is 0 Å². The normalized spacial score (nSPS) is 15.1. The monoisotopic (exact) mass is 222 g/mol. The van der Waals surface area contributed by atoms with Crippen molar-refractivity contribution in [2.24, 2.45) is 0 Å². The first-order valence-electron chi connectivity index (χ1n) is 3.37. The van der Waals surface area contributed by atoms with Crippen LogP contribution in [0.5, 0.6) is 0 Å². The van der Waals surface area contributed by atoms with E-state index < -0.39 is 30.8 Å². The van der Waals surface area contributed by atoms with Crippen LogP contribution in [0.2, 0.25) is 0 Å². The highest BCUT2D eigenvalue weighted by molar-refractivity contribution is 5.73. The fourth-order valence-corrected chi connectivity index (χ4v) is 0.364. The number of aliphatic hydroxyl groups excluding tert-OH is 1. The van der Waals surface area contributed by atoms with Crippen molar-refractivity contribution in [3.8, 4) is 0 Å². The lowest BCUT2D eigenvalue weighted by Gasteiger charge is -2.19. The van der Waals surface area contributed by atoms with Gasteiger partial charge in [-0.2, -0.15) is 22.0 Å². The number of ether oxygens (including phenoxy) is 1. The molecular formula is C6H7F5O3. The summed E-state index contributed by atoms with van der Waals surface area (Å²) in [5.41, 5.74) is 0. The molecule has 0 fully saturated rings. The molecule has 0 saturated heterocycles. The second-order valence-electron chi connectivity index (χ2n) is 2.49. The van der Waals surface area contributed by atoms with Gasteiger partial charge in [-0.15, -0.1) is 0 Å². The van der Waals surface area contributed by atoms with Crippen molar-refractivity contribution in [1.29, 1.82) is 0 Å². The Bertz CT molecular complexity index is 210. The zero-order chi connectivity index (χ0) is 11.6. The van der Waals surface area contributed by atoms with E-state index in [4.69, 9.17) is 5.11 Å². The van der Waals surface area contributed by atoms with Crippen molar-refractivity contribution in [2.75, 3.05) is 6.61 Å². The SMILES string of the molecule is CC(O)C(=O)OCC(F)(F)C(F)(F)F. The summed E-state index contributed by atoms with van der Waals surface area (Å²) in [5.74, 6) is -6.63. The van der Waals surface area contributed by atoms with Crippen LogP contribution in [-0.4, -0.2) is 35.9 Å². The number of carbonyl (C=O) groups excluding carboxylic acids is 1. The largest absolute Gasteiger partial charge is 0.457 e. The molecule has 0 radical (unpaired) electrons. The van der Waals surface area contributed by atoms with Crippen LogP contribution in [0.25, 0.3) is 0 Å². The number of alkyl halides is 5. The Morgan fingerprint density at radius 1 is 1.36 bits per heavy atom. The highest BCUT2D eigenvalue weighted by Crippen LogP contribution is 2.35. The van der Waals surface area contributed by atoms with E-state index in [9.17, 15) is 26.7 Å². The standard InChI is InChI=1S/C6H7F5O3/c1-3(12)4(13)14-2-5(7,8)6(9,10)11/h3,12H,2H2,1H3. The van der Waals surface area contributed by atoms with E-state index in [1.54, 1.807) is 0 Å². The predicted octanol–water partition coefficient (Wildman–Crippen LogP) is 1.11. The fourth-order valence-electron chi connectivity index (χ4n) is 0.364. The molecule has 8 heteroatoms. The van der Waals surface area contributed by atoms with Gasteiger partial charge in [-0.25, -0.2) is 4.79 Å². The topological polar surface area (TPSA) is 46.5 Å². The van der Waals surface area contributed by atoms with Gasteiger partial charge < -0.3 is 9.84 Å². The van der Waals surface area contributed by atoms with Crippen molar-refractivity contribution < 1.29 is 36.6 Å². The minimum atomic E-state index is -5.77. The molecule has 1 atom stereocenters. The number of hydrogen-bond acceptors (Lipinski definition) is 3. The maximum atomic E-state index is 12.1. The average molecular weight is 222 g/mol. The van der Waals surface area contributed by atoms with Crippen LogP contribution in [0, 0.1) is 0 Å². The highest BCUT2D eigenvalue weighted by atomic mass is 19.4. The zero-order valence-corrected chi connectivity index (χ0v) is 6.94. The summed E-state index contributed by atoms with van der Waals surface area (Å²) in [5, 5.41) is 8.42. The van der Waals surface area contributed by atoms with Crippen molar-refractivity contribution in [2.45, 2.75) is 25.1 Å². The van der Waals surface area contributed by atoms with Crippen molar-refractivity contribution >= 4 is 5.97 Å². The molecule has 0 aromatic carbocycles. The van der Waals surface area contributed by atoms with Gasteiger partial charge in [0.15, 0.2) is 6.61 Å². The Kier molecular flexibility index (Phi) is 3.81. The molecule has 0 aliphatic rings. The molecule has 0 saturated carbocycles. The van der Waals surface area contributed by atoms with Crippen LogP contribution in [0.3, 0.4) is 0 Å². The van der Waals surface area contributed by atoms with Gasteiger partial charge in [0.2, 0.25) is 0 Å². The van der Waals surface area contributed by atoms with Crippen molar-refractivity contribution in [1.82, 2.24) is 0 Å². The van der Waals surface area contributed by atoms with E-state index in [1.807, 2.05) is 0 Å². The summed E-state index contributed by atoms with van der Waals surface area (Å²) in [4.78, 5) is 10.3. The van der Waals surface area contributed by atoms with Gasteiger partial charge in [-0.1, -0.05) is 0 Å². The van der Waals surface area contributed by atoms with Gasteiger partial charge in [0.05, 0.1) is 0 Å². The van der Waals surface area contributed by atoms with E-state index in [0.717, 1.165) is 6.92 Å². The molecule has 0 spiro atoms. The Morgan fingerprint density at radius 2 is 1.79 bits per heavy atom. The van der Waals surface area contributed by atoms with E-state index >= 15 is 0 Å². The van der Waals surface area contributed by atoms with Crippen LogP contribution in [0.15, 0.2) is 0 Å². The summed E-state index contributed by atoms with van der Waals surface area (Å²) < 4.78 is 62.1. The Balaban J connectivity index is 4.20. The Morgan fingerprint density at radius 3 is 2.07 bits per heavy atom. The number of carbonyl (C=O) groups is 1. The second kappa shape index (κ2) is 4.07. The number of aliphatic hydroxyl groups is 1. The number of esters is 1. The quantitative estimate of drug-likeness (QED) is 0.574. The molecule has 0 amide bonds. The molecule has 0 heterocycles. The van der Waals surface area contributed by atoms with Crippen molar-refractivity contribution in [3.63, 3.8) is 0 Å². The third kappa shape index (κ3) is 3.44. The predicted molar refractivity (Wildman–Crippen MR) is 33.6 cm³/mol. The Hall–Kier alpha value is -0.920. The molecular weight excluding hydrogens is 215 g/mol. The molecule has 1 N–H and O–H groups in total. The van der Waals surface area contributed by atoms with Gasteiger partial charge in [0.1, 0.15) is 6.10 Å². The molecule has 0 aromatic rings. The zero-order valence-electron chi connectivity index (χ0n) is 6.94. The lowest BCUT2D eigenvalue weighted by molar-refractivity contribution is -0.294. The lowest BCUT2D eigenvalue weighted by atomic mass is 10.3. The van der Waals surface area contributed by atoms with E-state index in [2.05, 4.69) is 4.74 Å². The van der Waals surface area contributed by atoms with Gasteiger partial charge in [-0.05, 0) is 6.92 Å². The van der Waals surface area contributed by atoms with E-state index in [-0.39, 0.29) is 0 Å². The highest BCUT2D eigenvalue weighted by Gasteiger charge is 2.58. The summed E-state index contributed by atoms with van der Waals surface area (Å²) in [6, 6.07) is 0. The molecule has 0 aliphatic heterocycles. The van der Waals surface area contributed by atoms with Gasteiger partial charge in [-0.3, -0.25) is 0 Å². The fraction of sp³-hybridized carbons (Fsp3) is 0.833. The van der Waals surface area contributed by atoms with Crippen LogP contribution in [0.4, 0.5) is 22.0 Å². The van der Waals surface area contributed by atoms with E-state index in [1.165, 1.54) is 0 Å². The first kappa shape index (κ1) is 13.1. The maximum Gasteiger partial charge on any atom is 0.456 e. The van der Waals surface area contributed by atoms with Crippen LogP contribution in [-0.2, 0) is 9.53 Å². The smallest absolute Gasteiger partial charge is 0.456 e. The molecule has 3 nitrogen and oxygen atoms in total. The molecule has 14 heavy (non-hydrogen) atoms. The lowest BCUT2D eigenvalue weighted by Crippen LogP contribution is -2.42. The molecule has 84 valence electrons. The summed E-state index contributed by atoms with van der Waals surface area (Å²) in [6.45, 7) is -1.24. The molecule has 0 rings (SSSR count). The molecule has 0 aromatic heterocycles. The first-order chi connectivity index (χ1) is 6.08. The number of rotatable bonds is 3. The third-order valence-corrected chi connectivity index (χ3v) is 1.15. The van der Waals surface area contributed by atoms with Crippen LogP contribution in [0.1, 0.15) is 6.92 Å². The summed E-state index contributed by atoms with van der Waals surface area (Å²) in [6.07, 6.45) is -7.51.